The molecular formula is C23H21BrN4O4. The van der Waals surface area contributed by atoms with Gasteiger partial charge in [0.25, 0.3) is 11.5 Å². The number of pyridine rings is 1. The Bertz CT molecular complexity index is 1310. The lowest BCUT2D eigenvalue weighted by Gasteiger charge is -2.15. The maximum Gasteiger partial charge on any atom is 0.269 e. The van der Waals surface area contributed by atoms with Crippen LogP contribution in [0.25, 0.3) is 10.8 Å². The average Bonchev–Trinajstić information content (AvgIpc) is 2.80. The highest BCUT2D eigenvalue weighted by Crippen LogP contribution is 2.26. The van der Waals surface area contributed by atoms with Crippen LogP contribution < -0.4 is 15.7 Å². The zero-order valence-corrected chi connectivity index (χ0v) is 19.4. The topological polar surface area (TPSA) is 106 Å². The number of ether oxygens (including phenoxy) is 2. The molecule has 0 fully saturated rings. The van der Waals surface area contributed by atoms with E-state index in [1.54, 1.807) is 14.0 Å². The number of carbonyl (C=O) groups excluding carboxylic acids is 1. The minimum absolute atomic E-state index is 0.0684. The number of hydrazone groups is 1. The molecule has 0 aliphatic rings. The zero-order valence-electron chi connectivity index (χ0n) is 17.8. The fraction of sp³-hybridized carbons (Fsp3) is 0.217. The molecule has 3 rings (SSSR count). The number of fused-ring (bicyclic) bond motifs is 1. The monoisotopic (exact) mass is 496 g/mol. The second-order valence-electron chi connectivity index (χ2n) is 6.88. The van der Waals surface area contributed by atoms with Gasteiger partial charge < -0.3 is 14.0 Å². The van der Waals surface area contributed by atoms with Crippen LogP contribution in [0.15, 0.2) is 50.8 Å². The van der Waals surface area contributed by atoms with Gasteiger partial charge in [-0.3, -0.25) is 9.59 Å². The van der Waals surface area contributed by atoms with E-state index in [1.165, 1.54) is 17.9 Å². The highest BCUT2D eigenvalue weighted by atomic mass is 79.9. The van der Waals surface area contributed by atoms with Gasteiger partial charge in [0.1, 0.15) is 23.9 Å². The van der Waals surface area contributed by atoms with Crippen molar-refractivity contribution in [3.8, 4) is 11.8 Å². The molecule has 164 valence electrons. The molecule has 0 spiro atoms. The average molecular weight is 497 g/mol. The molecule has 1 heterocycles. The van der Waals surface area contributed by atoms with Gasteiger partial charge in [-0.2, -0.15) is 10.4 Å². The number of hydrogen-bond acceptors (Lipinski definition) is 6. The van der Waals surface area contributed by atoms with E-state index < -0.39 is 11.5 Å². The first-order valence-electron chi connectivity index (χ1n) is 9.61. The van der Waals surface area contributed by atoms with Gasteiger partial charge >= 0.3 is 0 Å². The molecule has 0 aliphatic carbocycles. The Labute approximate surface area is 193 Å². The third-order valence-electron chi connectivity index (χ3n) is 4.98. The molecule has 0 atom stereocenters. The second kappa shape index (κ2) is 10.2. The predicted octanol–water partition coefficient (Wildman–Crippen LogP) is 3.25. The molecule has 32 heavy (non-hydrogen) atoms. The minimum Gasteiger partial charge on any atom is -0.496 e. The van der Waals surface area contributed by atoms with Gasteiger partial charge in [0, 0.05) is 28.4 Å². The Morgan fingerprint density at radius 1 is 1.28 bits per heavy atom. The van der Waals surface area contributed by atoms with Gasteiger partial charge in [-0.05, 0) is 39.7 Å². The van der Waals surface area contributed by atoms with E-state index >= 15 is 0 Å². The number of carbonyl (C=O) groups is 1. The molecule has 0 bridgehead atoms. The summed E-state index contributed by atoms with van der Waals surface area (Å²) < 4.78 is 12.3. The first-order chi connectivity index (χ1) is 15.4. The second-order valence-corrected chi connectivity index (χ2v) is 7.68. The maximum absolute atomic E-state index is 12.8. The van der Waals surface area contributed by atoms with Crippen molar-refractivity contribution < 1.29 is 14.3 Å². The van der Waals surface area contributed by atoms with E-state index in [2.05, 4.69) is 26.5 Å². The Hall–Kier alpha value is -3.48. The van der Waals surface area contributed by atoms with Crippen molar-refractivity contribution in [3.05, 3.63) is 73.6 Å². The largest absolute Gasteiger partial charge is 0.496 e. The number of nitrogens with one attached hydrogen (secondary N) is 1. The highest BCUT2D eigenvalue weighted by molar-refractivity contribution is 9.10. The van der Waals surface area contributed by atoms with Gasteiger partial charge in [0.2, 0.25) is 0 Å². The van der Waals surface area contributed by atoms with Gasteiger partial charge in [0.05, 0.1) is 19.9 Å². The molecule has 9 heteroatoms. The maximum atomic E-state index is 12.8. The van der Waals surface area contributed by atoms with Crippen LogP contribution in [0.1, 0.15) is 22.4 Å². The molecule has 1 amide bonds. The fourth-order valence-corrected chi connectivity index (χ4v) is 3.91. The van der Waals surface area contributed by atoms with Crippen molar-refractivity contribution in [1.29, 1.82) is 5.26 Å². The van der Waals surface area contributed by atoms with Crippen molar-refractivity contribution in [2.75, 3.05) is 14.2 Å². The lowest BCUT2D eigenvalue weighted by Crippen LogP contribution is -2.33. The number of methoxy groups -OCH3 is 2. The Balaban J connectivity index is 1.86. The van der Waals surface area contributed by atoms with Gasteiger partial charge in [-0.1, -0.05) is 30.3 Å². The molecule has 3 aromatic rings. The van der Waals surface area contributed by atoms with Crippen LogP contribution >= 0.6 is 15.9 Å². The van der Waals surface area contributed by atoms with Crippen molar-refractivity contribution in [1.82, 2.24) is 9.99 Å². The van der Waals surface area contributed by atoms with Crippen molar-refractivity contribution in [2.24, 2.45) is 5.10 Å². The first kappa shape index (κ1) is 23.2. The number of rotatable bonds is 7. The summed E-state index contributed by atoms with van der Waals surface area (Å²) in [5, 5.41) is 15.4. The van der Waals surface area contributed by atoms with E-state index in [0.29, 0.717) is 21.5 Å². The Morgan fingerprint density at radius 3 is 2.72 bits per heavy atom. The lowest BCUT2D eigenvalue weighted by atomic mass is 10.0. The van der Waals surface area contributed by atoms with Crippen LogP contribution in [0.3, 0.4) is 0 Å². The molecule has 0 unspecified atom stereocenters. The summed E-state index contributed by atoms with van der Waals surface area (Å²) in [5.74, 6) is 0.103. The quantitative estimate of drug-likeness (QED) is 0.399. The molecule has 1 N–H and O–H groups in total. The van der Waals surface area contributed by atoms with Crippen molar-refractivity contribution in [2.45, 2.75) is 20.1 Å². The number of benzene rings is 2. The van der Waals surface area contributed by atoms with E-state index in [9.17, 15) is 14.9 Å². The van der Waals surface area contributed by atoms with Crippen LogP contribution in [-0.4, -0.2) is 30.9 Å². The lowest BCUT2D eigenvalue weighted by molar-refractivity contribution is -0.121. The van der Waals surface area contributed by atoms with Gasteiger partial charge in [0.15, 0.2) is 0 Å². The van der Waals surface area contributed by atoms with E-state index in [1.807, 2.05) is 42.5 Å². The molecule has 0 saturated carbocycles. The third-order valence-corrected chi connectivity index (χ3v) is 6.04. The standard InChI is InChI=1S/C23H21BrN4O4/c1-14-22(24)19(13-31-2)17(10-25)23(30)28(14)12-21(29)27-26-11-18-16-7-5-4-6-15(16)8-9-20(18)32-3/h4-9,11H,12-13H2,1-3H3,(H,27,29)/b26-11-. The molecule has 0 aliphatic heterocycles. The summed E-state index contributed by atoms with van der Waals surface area (Å²) in [6, 6.07) is 13.4. The van der Waals surface area contributed by atoms with E-state index in [0.717, 1.165) is 16.3 Å². The van der Waals surface area contributed by atoms with Crippen LogP contribution in [0.4, 0.5) is 0 Å². The number of nitrogens with zero attached hydrogens (tertiary/aromatic N) is 3. The molecule has 0 radical (unpaired) electrons. The minimum atomic E-state index is -0.560. The number of nitriles is 1. The number of aromatic nitrogens is 1. The zero-order chi connectivity index (χ0) is 23.3. The smallest absolute Gasteiger partial charge is 0.269 e. The van der Waals surface area contributed by atoms with Crippen LogP contribution in [-0.2, 0) is 22.7 Å². The number of amides is 1. The summed E-state index contributed by atoms with van der Waals surface area (Å²) in [7, 11) is 3.04. The van der Waals surface area contributed by atoms with Crippen molar-refractivity contribution in [3.63, 3.8) is 0 Å². The highest BCUT2D eigenvalue weighted by Gasteiger charge is 2.19. The number of hydrogen-bond donors (Lipinski definition) is 1. The summed E-state index contributed by atoms with van der Waals surface area (Å²) in [6.07, 6.45) is 1.51. The Kier molecular flexibility index (Phi) is 7.41. The van der Waals surface area contributed by atoms with Crippen LogP contribution in [0.2, 0.25) is 0 Å². The van der Waals surface area contributed by atoms with Gasteiger partial charge in [-0.15, -0.1) is 0 Å². The van der Waals surface area contributed by atoms with E-state index in [4.69, 9.17) is 9.47 Å². The number of halogens is 1. The van der Waals surface area contributed by atoms with E-state index in [-0.39, 0.29) is 18.7 Å². The normalized spacial score (nSPS) is 11.0. The fourth-order valence-electron chi connectivity index (χ4n) is 3.38. The SMILES string of the molecule is COCc1c(Br)c(C)n(CC(=O)N/N=C\c2c(OC)ccc3ccccc23)c(=O)c1C#N. The van der Waals surface area contributed by atoms with Crippen LogP contribution in [0, 0.1) is 18.3 Å². The molecule has 0 saturated heterocycles. The summed E-state index contributed by atoms with van der Waals surface area (Å²) in [6.45, 7) is 1.49. The first-order valence-corrected chi connectivity index (χ1v) is 10.4. The van der Waals surface area contributed by atoms with Crippen LogP contribution in [0.5, 0.6) is 5.75 Å². The molecule has 2 aromatic carbocycles. The van der Waals surface area contributed by atoms with Gasteiger partial charge in [-0.25, -0.2) is 5.43 Å². The van der Waals surface area contributed by atoms with Crippen molar-refractivity contribution >= 4 is 38.8 Å². The summed E-state index contributed by atoms with van der Waals surface area (Å²) in [4.78, 5) is 25.3. The molecular weight excluding hydrogens is 476 g/mol. The molecule has 8 nitrogen and oxygen atoms in total. The predicted molar refractivity (Wildman–Crippen MR) is 125 cm³/mol. The summed E-state index contributed by atoms with van der Waals surface area (Å²) >= 11 is 3.40. The summed E-state index contributed by atoms with van der Waals surface area (Å²) in [5.41, 5.74) is 3.49. The molecule has 1 aromatic heterocycles. The third kappa shape index (κ3) is 4.56. The Morgan fingerprint density at radius 2 is 2.03 bits per heavy atom.